The maximum absolute atomic E-state index is 5.54. The summed E-state index contributed by atoms with van der Waals surface area (Å²) >= 11 is -1.53. The van der Waals surface area contributed by atoms with Crippen molar-refractivity contribution in [3.8, 4) is 0 Å². The Morgan fingerprint density at radius 1 is 0.957 bits per heavy atom. The summed E-state index contributed by atoms with van der Waals surface area (Å²) in [5.74, 6) is 0. The van der Waals surface area contributed by atoms with Gasteiger partial charge in [0.1, 0.15) is 0 Å². The SMILES string of the molecule is CO[Si](C)(CCCCCCCCC1=[C]([Pt]([CH3])([CH3])[CH3])CC=C1)OC. The Morgan fingerprint density at radius 3 is 2.09 bits per heavy atom. The minimum absolute atomic E-state index is 1.12. The van der Waals surface area contributed by atoms with Crippen LogP contribution in [0.15, 0.2) is 21.7 Å². The molecule has 1 rings (SSSR count). The Hall–Kier alpha value is 0.305. The second-order valence-electron chi connectivity index (χ2n) is 7.09. The van der Waals surface area contributed by atoms with Gasteiger partial charge in [0.2, 0.25) is 0 Å². The summed E-state index contributed by atoms with van der Waals surface area (Å²) in [7, 11) is 1.75. The van der Waals surface area contributed by atoms with Crippen molar-refractivity contribution in [2.75, 3.05) is 14.2 Å². The first-order chi connectivity index (χ1) is 10.8. The molecule has 1 aliphatic rings. The van der Waals surface area contributed by atoms with Gasteiger partial charge >= 0.3 is 135 Å². The average Bonchev–Trinajstić information content (AvgIpc) is 2.98. The van der Waals surface area contributed by atoms with Crippen LogP contribution >= 0.6 is 0 Å². The third kappa shape index (κ3) is 7.81. The molecule has 0 saturated heterocycles. The molecule has 2 nitrogen and oxygen atoms in total. The van der Waals surface area contributed by atoms with Gasteiger partial charge in [-0.25, -0.2) is 0 Å². The Bertz CT molecular complexity index is 406. The van der Waals surface area contributed by atoms with Gasteiger partial charge in [0, 0.05) is 14.2 Å². The van der Waals surface area contributed by atoms with E-state index in [1.54, 1.807) is 19.8 Å². The molecule has 0 atom stereocenters. The zero-order valence-electron chi connectivity index (χ0n) is 16.2. The molecular weight excluding hydrogens is 483 g/mol. The molecule has 4 heteroatoms. The van der Waals surface area contributed by atoms with Gasteiger partial charge in [-0.2, -0.15) is 0 Å². The van der Waals surface area contributed by atoms with E-state index in [1.807, 2.05) is 3.96 Å². The molecule has 0 unspecified atom stereocenters. The van der Waals surface area contributed by atoms with Gasteiger partial charge in [0.05, 0.1) is 0 Å². The number of allylic oxidation sites excluding steroid dienone is 4. The van der Waals surface area contributed by atoms with E-state index < -0.39 is 24.6 Å². The molecule has 0 aromatic carbocycles. The van der Waals surface area contributed by atoms with E-state index in [4.69, 9.17) is 8.85 Å². The molecule has 0 fully saturated rings. The predicted octanol–water partition coefficient (Wildman–Crippen LogP) is 6.59. The Kier molecular flexibility index (Phi) is 9.59. The van der Waals surface area contributed by atoms with Crippen LogP contribution in [-0.4, -0.2) is 22.8 Å². The first kappa shape index (κ1) is 21.3. The summed E-state index contributed by atoms with van der Waals surface area (Å²) in [5.41, 5.74) is 1.69. The summed E-state index contributed by atoms with van der Waals surface area (Å²) in [4.78, 5) is 0. The van der Waals surface area contributed by atoms with Crippen LogP contribution in [0.1, 0.15) is 51.4 Å². The second kappa shape index (κ2) is 10.3. The zero-order chi connectivity index (χ0) is 17.3. The van der Waals surface area contributed by atoms with Crippen molar-refractivity contribution in [3.63, 3.8) is 0 Å². The molecular formula is C19H38O2PtSi. The predicted molar refractivity (Wildman–Crippen MR) is 101 cm³/mol. The number of hydrogen-bond donors (Lipinski definition) is 0. The summed E-state index contributed by atoms with van der Waals surface area (Å²) < 4.78 is 12.9. The van der Waals surface area contributed by atoms with Gasteiger partial charge in [0.25, 0.3) is 0 Å². The Morgan fingerprint density at radius 2 is 1.52 bits per heavy atom. The quantitative estimate of drug-likeness (QED) is 0.213. The van der Waals surface area contributed by atoms with Gasteiger partial charge in [-0.15, -0.1) is 0 Å². The molecule has 0 aromatic rings. The molecule has 0 amide bonds. The van der Waals surface area contributed by atoms with Crippen LogP contribution in [0.3, 0.4) is 0 Å². The van der Waals surface area contributed by atoms with Crippen LogP contribution in [-0.2, 0) is 24.9 Å². The molecule has 1 aliphatic carbocycles. The summed E-state index contributed by atoms with van der Waals surface area (Å²) in [6.45, 7) is 2.16. The Labute approximate surface area is 149 Å². The van der Waals surface area contributed by atoms with E-state index >= 15 is 0 Å². The van der Waals surface area contributed by atoms with E-state index in [9.17, 15) is 0 Å². The van der Waals surface area contributed by atoms with Crippen molar-refractivity contribution >= 4 is 8.56 Å². The van der Waals surface area contributed by atoms with Crippen LogP contribution in [0.4, 0.5) is 0 Å². The zero-order valence-corrected chi connectivity index (χ0v) is 19.4. The van der Waals surface area contributed by atoms with Crippen molar-refractivity contribution in [1.82, 2.24) is 0 Å². The molecule has 0 saturated carbocycles. The number of unbranched alkanes of at least 4 members (excludes halogenated alkanes) is 5. The van der Waals surface area contributed by atoms with Crippen molar-refractivity contribution in [2.45, 2.75) is 79.9 Å². The van der Waals surface area contributed by atoms with Crippen molar-refractivity contribution in [1.29, 1.82) is 0 Å². The molecule has 0 bridgehead atoms. The monoisotopic (exact) mass is 521 g/mol. The van der Waals surface area contributed by atoms with Crippen molar-refractivity contribution in [2.24, 2.45) is 0 Å². The standard InChI is InChI=1S/C16H29O2Si.3CH3.Pt/c1-17-19(3,18-2)15-11-7-5-4-6-8-12-16-13-9-10-14-16;;;;/h9,13H,4-8,10-12,15H2,1-3H3;3*1H3;. The van der Waals surface area contributed by atoms with Gasteiger partial charge < -0.3 is 0 Å². The van der Waals surface area contributed by atoms with E-state index in [2.05, 4.69) is 34.6 Å². The van der Waals surface area contributed by atoms with Crippen LogP contribution in [0.25, 0.3) is 0 Å². The van der Waals surface area contributed by atoms with Crippen LogP contribution in [0.2, 0.25) is 28.5 Å². The summed E-state index contributed by atoms with van der Waals surface area (Å²) in [6.07, 6.45) is 15.4. The normalized spacial score (nSPS) is 16.4. The van der Waals surface area contributed by atoms with E-state index in [0.29, 0.717) is 0 Å². The molecule has 0 heterocycles. The van der Waals surface area contributed by atoms with E-state index in [1.165, 1.54) is 51.4 Å². The first-order valence-corrected chi connectivity index (χ1v) is 19.1. The fourth-order valence-corrected chi connectivity index (χ4v) is 8.77. The topological polar surface area (TPSA) is 18.5 Å². The van der Waals surface area contributed by atoms with Gasteiger partial charge in [-0.1, -0.05) is 0 Å². The van der Waals surface area contributed by atoms with Gasteiger partial charge in [0.15, 0.2) is 0 Å². The van der Waals surface area contributed by atoms with E-state index in [-0.39, 0.29) is 0 Å². The molecule has 0 radical (unpaired) electrons. The first-order valence-electron chi connectivity index (χ1n) is 8.67. The molecule has 0 N–H and O–H groups in total. The third-order valence-electron chi connectivity index (χ3n) is 4.70. The van der Waals surface area contributed by atoms with E-state index in [0.717, 1.165) is 6.04 Å². The number of rotatable bonds is 12. The number of hydrogen-bond acceptors (Lipinski definition) is 2. The molecule has 0 aliphatic heterocycles. The Balaban J connectivity index is 2.11. The second-order valence-corrected chi connectivity index (χ2v) is 22.3. The summed E-state index contributed by atoms with van der Waals surface area (Å²) in [6, 6.07) is 1.12. The van der Waals surface area contributed by atoms with Gasteiger partial charge in [-0.05, 0) is 0 Å². The van der Waals surface area contributed by atoms with Crippen LogP contribution in [0, 0.1) is 0 Å². The molecule has 23 heavy (non-hydrogen) atoms. The smallest absolute Gasteiger partial charge is 0.0249 e. The minimum atomic E-state index is -1.82. The molecule has 0 spiro atoms. The summed E-state index contributed by atoms with van der Waals surface area (Å²) in [5, 5.41) is 7.56. The average molecular weight is 522 g/mol. The minimum Gasteiger partial charge on any atom is 0.0249 e. The maximum atomic E-state index is 5.54. The van der Waals surface area contributed by atoms with Crippen molar-refractivity contribution in [3.05, 3.63) is 21.7 Å². The van der Waals surface area contributed by atoms with Gasteiger partial charge in [-0.3, -0.25) is 0 Å². The van der Waals surface area contributed by atoms with Crippen LogP contribution < -0.4 is 0 Å². The van der Waals surface area contributed by atoms with Crippen LogP contribution in [0.5, 0.6) is 0 Å². The molecule has 140 valence electrons. The fourth-order valence-electron chi connectivity index (χ4n) is 2.98. The fraction of sp³-hybridized carbons (Fsp3) is 0.789. The van der Waals surface area contributed by atoms with Crippen molar-refractivity contribution < 1.29 is 24.9 Å². The molecule has 0 aromatic heterocycles. The third-order valence-corrected chi connectivity index (χ3v) is 13.0.